The number of furan rings is 1. The minimum Gasteiger partial charge on any atom is -0.455 e. The Hall–Kier alpha value is -7.16. The highest BCUT2D eigenvalue weighted by Gasteiger charge is 2.38. The Morgan fingerprint density at radius 1 is 0.400 bits per heavy atom. The van der Waals surface area contributed by atoms with Gasteiger partial charge in [-0.3, -0.25) is 0 Å². The Labute approximate surface area is 351 Å². The summed E-state index contributed by atoms with van der Waals surface area (Å²) in [5, 5.41) is 4.56. The summed E-state index contributed by atoms with van der Waals surface area (Å²) in [5.41, 5.74) is 20.4. The molecule has 0 spiro atoms. The summed E-state index contributed by atoms with van der Waals surface area (Å²) >= 11 is 0. The minimum atomic E-state index is -0.149. The van der Waals surface area contributed by atoms with Crippen molar-refractivity contribution in [3.05, 3.63) is 210 Å². The topological polar surface area (TPSA) is 16.4 Å². The van der Waals surface area contributed by atoms with Crippen LogP contribution in [0.5, 0.6) is 0 Å². The molecule has 9 aromatic carbocycles. The summed E-state index contributed by atoms with van der Waals surface area (Å²) < 4.78 is 6.73. The van der Waals surface area contributed by atoms with E-state index in [2.05, 4.69) is 221 Å². The molecule has 0 saturated carbocycles. The van der Waals surface area contributed by atoms with Crippen molar-refractivity contribution in [1.82, 2.24) is 0 Å². The Morgan fingerprint density at radius 2 is 1.02 bits per heavy atom. The predicted molar refractivity (Wildman–Crippen MR) is 252 cm³/mol. The molecule has 0 N–H and O–H groups in total. The molecular weight excluding hydrogens is 727 g/mol. The van der Waals surface area contributed by atoms with Crippen molar-refractivity contribution in [3.63, 3.8) is 0 Å². The van der Waals surface area contributed by atoms with Gasteiger partial charge in [0, 0.05) is 43.9 Å². The zero-order chi connectivity index (χ0) is 40.3. The SMILES string of the molecule is CC1(C)c2ccccc2-c2ccc(N(c3cccc(-c4cccc5c4C(C)(C)c4ccccc4-5)c3)c3ccccc3-c3cccc4oc5c6ccccc6ccc5c34)cc21. The summed E-state index contributed by atoms with van der Waals surface area (Å²) in [6, 6.07) is 69.3. The highest BCUT2D eigenvalue weighted by Crippen LogP contribution is 2.54. The molecule has 2 aliphatic carbocycles. The van der Waals surface area contributed by atoms with Crippen molar-refractivity contribution >= 4 is 49.8 Å². The lowest BCUT2D eigenvalue weighted by molar-refractivity contribution is 0.660. The number of hydrogen-bond donors (Lipinski definition) is 0. The van der Waals surface area contributed by atoms with E-state index in [1.54, 1.807) is 0 Å². The van der Waals surface area contributed by atoms with Gasteiger partial charge in [-0.25, -0.2) is 0 Å². The highest BCUT2D eigenvalue weighted by molar-refractivity contribution is 6.19. The number of fused-ring (bicyclic) bond motifs is 11. The number of nitrogens with zero attached hydrogens (tertiary/aromatic N) is 1. The van der Waals surface area contributed by atoms with E-state index in [0.717, 1.165) is 55.5 Å². The maximum atomic E-state index is 6.73. The van der Waals surface area contributed by atoms with Crippen LogP contribution < -0.4 is 4.90 Å². The normalized spacial score (nSPS) is 14.3. The van der Waals surface area contributed by atoms with Gasteiger partial charge in [0.2, 0.25) is 0 Å². The van der Waals surface area contributed by atoms with Crippen LogP contribution in [0.4, 0.5) is 17.1 Å². The Balaban J connectivity index is 1.09. The van der Waals surface area contributed by atoms with Crippen molar-refractivity contribution in [3.8, 4) is 44.5 Å². The minimum absolute atomic E-state index is 0.136. The number of benzene rings is 9. The van der Waals surface area contributed by atoms with Gasteiger partial charge >= 0.3 is 0 Å². The quantitative estimate of drug-likeness (QED) is 0.173. The predicted octanol–water partition coefficient (Wildman–Crippen LogP) is 16.2. The molecule has 286 valence electrons. The summed E-state index contributed by atoms with van der Waals surface area (Å²) in [6.45, 7) is 9.48. The van der Waals surface area contributed by atoms with E-state index in [9.17, 15) is 0 Å². The van der Waals surface area contributed by atoms with Gasteiger partial charge in [-0.05, 0) is 109 Å². The first-order valence-corrected chi connectivity index (χ1v) is 21.1. The fourth-order valence-corrected chi connectivity index (χ4v) is 10.8. The molecule has 12 rings (SSSR count). The average molecular weight is 770 g/mol. The molecule has 2 heteroatoms. The van der Waals surface area contributed by atoms with Crippen molar-refractivity contribution in [2.45, 2.75) is 38.5 Å². The third kappa shape index (κ3) is 4.88. The summed E-state index contributed by atoms with van der Waals surface area (Å²) in [7, 11) is 0. The maximum Gasteiger partial charge on any atom is 0.143 e. The molecule has 0 bridgehead atoms. The van der Waals surface area contributed by atoms with Gasteiger partial charge in [-0.2, -0.15) is 0 Å². The third-order valence-electron chi connectivity index (χ3n) is 13.6. The van der Waals surface area contributed by atoms with E-state index in [1.165, 1.54) is 61.0 Å². The number of para-hydroxylation sites is 1. The van der Waals surface area contributed by atoms with E-state index in [-0.39, 0.29) is 10.8 Å². The standard InChI is InChI=1S/C58H43NO/c1-57(2)49-26-10-7-20-42(49)44-33-31-39(35-51(44)57)59(38-18-13-17-37(34-38)40-23-14-25-47-43-21-8-11-27-50(43)58(3,4)55(40)47)52-28-12-9-22-45(52)46-24-15-29-53-54(46)48-32-30-36-16-5-6-19-41(36)56(48)60-53/h5-35H,1-4H3. The lowest BCUT2D eigenvalue weighted by Gasteiger charge is -2.30. The number of rotatable bonds is 5. The van der Waals surface area contributed by atoms with Crippen LogP contribution in [0.2, 0.25) is 0 Å². The molecule has 10 aromatic rings. The molecular formula is C58H43NO. The van der Waals surface area contributed by atoms with Crippen LogP contribution in [0, 0.1) is 0 Å². The molecule has 60 heavy (non-hydrogen) atoms. The molecule has 1 heterocycles. The molecule has 0 fully saturated rings. The monoisotopic (exact) mass is 769 g/mol. The second-order valence-electron chi connectivity index (χ2n) is 17.6. The summed E-state index contributed by atoms with van der Waals surface area (Å²) in [6.07, 6.45) is 0. The highest BCUT2D eigenvalue weighted by atomic mass is 16.3. The number of hydrogen-bond acceptors (Lipinski definition) is 2. The van der Waals surface area contributed by atoms with Gasteiger partial charge in [0.1, 0.15) is 11.2 Å². The van der Waals surface area contributed by atoms with E-state index < -0.39 is 0 Å². The first-order chi connectivity index (χ1) is 29.3. The van der Waals surface area contributed by atoms with Gasteiger partial charge < -0.3 is 9.32 Å². The van der Waals surface area contributed by atoms with Crippen molar-refractivity contribution < 1.29 is 4.42 Å². The Kier molecular flexibility index (Phi) is 7.36. The largest absolute Gasteiger partial charge is 0.455 e. The smallest absolute Gasteiger partial charge is 0.143 e. The molecule has 0 unspecified atom stereocenters. The van der Waals surface area contributed by atoms with Crippen LogP contribution in [0.15, 0.2) is 192 Å². The van der Waals surface area contributed by atoms with Crippen LogP contribution in [0.1, 0.15) is 49.9 Å². The average Bonchev–Trinajstić information content (AvgIpc) is 3.87. The van der Waals surface area contributed by atoms with Gasteiger partial charge in [-0.1, -0.05) is 173 Å². The zero-order valence-corrected chi connectivity index (χ0v) is 34.3. The lowest BCUT2D eigenvalue weighted by atomic mass is 9.79. The van der Waals surface area contributed by atoms with E-state index in [4.69, 9.17) is 4.42 Å². The van der Waals surface area contributed by atoms with Crippen LogP contribution >= 0.6 is 0 Å². The third-order valence-corrected chi connectivity index (χ3v) is 13.6. The molecule has 0 atom stereocenters. The maximum absolute atomic E-state index is 6.73. The van der Waals surface area contributed by atoms with Gasteiger partial charge in [0.05, 0.1) is 5.69 Å². The fourth-order valence-electron chi connectivity index (χ4n) is 10.8. The number of anilines is 3. The Morgan fingerprint density at radius 3 is 1.87 bits per heavy atom. The summed E-state index contributed by atoms with van der Waals surface area (Å²) in [4.78, 5) is 2.48. The second kappa shape index (κ2) is 12.7. The first kappa shape index (κ1) is 34.8. The second-order valence-corrected chi connectivity index (χ2v) is 17.6. The van der Waals surface area contributed by atoms with Crippen LogP contribution in [-0.2, 0) is 10.8 Å². The molecule has 0 saturated heterocycles. The van der Waals surface area contributed by atoms with Gasteiger partial charge in [-0.15, -0.1) is 0 Å². The van der Waals surface area contributed by atoms with E-state index in [1.807, 2.05) is 0 Å². The van der Waals surface area contributed by atoms with Crippen LogP contribution in [0.3, 0.4) is 0 Å². The molecule has 1 aromatic heterocycles. The summed E-state index contributed by atoms with van der Waals surface area (Å²) in [5.74, 6) is 0. The zero-order valence-electron chi connectivity index (χ0n) is 34.3. The molecule has 0 aliphatic heterocycles. The van der Waals surface area contributed by atoms with Gasteiger partial charge in [0.25, 0.3) is 0 Å². The van der Waals surface area contributed by atoms with Crippen LogP contribution in [0.25, 0.3) is 77.2 Å². The Bertz CT molecular complexity index is 3400. The van der Waals surface area contributed by atoms with E-state index in [0.29, 0.717) is 0 Å². The lowest BCUT2D eigenvalue weighted by Crippen LogP contribution is -2.17. The van der Waals surface area contributed by atoms with Gasteiger partial charge in [0.15, 0.2) is 0 Å². The molecule has 2 nitrogen and oxygen atoms in total. The van der Waals surface area contributed by atoms with E-state index >= 15 is 0 Å². The van der Waals surface area contributed by atoms with Crippen molar-refractivity contribution in [1.29, 1.82) is 0 Å². The van der Waals surface area contributed by atoms with Crippen molar-refractivity contribution in [2.24, 2.45) is 0 Å². The fraction of sp³-hybridized carbons (Fsp3) is 0.103. The first-order valence-electron chi connectivity index (χ1n) is 21.1. The van der Waals surface area contributed by atoms with Crippen LogP contribution in [-0.4, -0.2) is 0 Å². The molecule has 0 amide bonds. The molecule has 2 aliphatic rings. The molecule has 0 radical (unpaired) electrons. The van der Waals surface area contributed by atoms with Crippen molar-refractivity contribution in [2.75, 3.05) is 4.90 Å².